The number of anilines is 1. The van der Waals surface area contributed by atoms with Crippen molar-refractivity contribution < 1.29 is 4.79 Å². The number of tetrazole rings is 1. The van der Waals surface area contributed by atoms with E-state index in [0.717, 1.165) is 5.56 Å². The van der Waals surface area contributed by atoms with Crippen molar-refractivity contribution in [3.8, 4) is 0 Å². The minimum absolute atomic E-state index is 0.423. The predicted molar refractivity (Wildman–Crippen MR) is 72.9 cm³/mol. The van der Waals surface area contributed by atoms with Gasteiger partial charge in [0.1, 0.15) is 6.04 Å². The lowest BCUT2D eigenvalue weighted by molar-refractivity contribution is -0.115. The number of carbonyl (C=O) groups is 1. The molecule has 1 aromatic heterocycles. The van der Waals surface area contributed by atoms with Gasteiger partial charge in [-0.05, 0) is 35.0 Å². The van der Waals surface area contributed by atoms with Gasteiger partial charge in [-0.15, -0.1) is 0 Å². The lowest BCUT2D eigenvalue weighted by Crippen LogP contribution is -2.31. The molecular weight excluding hydrogens is 280 g/mol. The molecule has 0 saturated carbocycles. The molecule has 1 unspecified atom stereocenters. The van der Waals surface area contributed by atoms with Crippen LogP contribution in [0.2, 0.25) is 5.02 Å². The first-order valence-electron chi connectivity index (χ1n) is 5.89. The molecule has 1 aliphatic heterocycles. The Morgan fingerprint density at radius 2 is 2.10 bits per heavy atom. The van der Waals surface area contributed by atoms with Crippen LogP contribution in [-0.2, 0) is 4.79 Å². The normalized spacial score (nSPS) is 17.6. The van der Waals surface area contributed by atoms with E-state index in [1.54, 1.807) is 19.1 Å². The maximum Gasteiger partial charge on any atom is 0.248 e. The van der Waals surface area contributed by atoms with Crippen molar-refractivity contribution in [3.05, 3.63) is 46.1 Å². The molecule has 0 aliphatic carbocycles. The summed E-state index contributed by atoms with van der Waals surface area (Å²) in [5.41, 5.74) is 7.39. The zero-order valence-electron chi connectivity index (χ0n) is 10.5. The van der Waals surface area contributed by atoms with E-state index >= 15 is 0 Å². The summed E-state index contributed by atoms with van der Waals surface area (Å²) in [6, 6.07) is 6.67. The highest BCUT2D eigenvalue weighted by atomic mass is 35.5. The fraction of sp³-hybridized carbons (Fsp3) is 0.167. The molecule has 2 aromatic rings. The SMILES string of the molecule is CC1=C(C(N)=O)C(c2ccc(Cl)cc2)n2nnnc2N1. The highest BCUT2D eigenvalue weighted by Crippen LogP contribution is 2.34. The molecule has 3 N–H and O–H groups in total. The molecule has 0 bridgehead atoms. The van der Waals surface area contributed by atoms with E-state index in [1.807, 2.05) is 12.1 Å². The fourth-order valence-electron chi connectivity index (χ4n) is 2.28. The first-order chi connectivity index (χ1) is 9.58. The van der Waals surface area contributed by atoms with Gasteiger partial charge in [0.05, 0.1) is 5.57 Å². The number of benzene rings is 1. The molecule has 0 radical (unpaired) electrons. The first-order valence-corrected chi connectivity index (χ1v) is 6.26. The summed E-state index contributed by atoms with van der Waals surface area (Å²) < 4.78 is 1.52. The van der Waals surface area contributed by atoms with Gasteiger partial charge in [0.25, 0.3) is 0 Å². The molecule has 1 aromatic carbocycles. The van der Waals surface area contributed by atoms with Crippen LogP contribution in [0.1, 0.15) is 18.5 Å². The topological polar surface area (TPSA) is 98.7 Å². The van der Waals surface area contributed by atoms with Gasteiger partial charge < -0.3 is 11.1 Å². The van der Waals surface area contributed by atoms with Crippen LogP contribution in [-0.4, -0.2) is 26.1 Å². The van der Waals surface area contributed by atoms with Gasteiger partial charge in [-0.3, -0.25) is 4.79 Å². The Balaban J connectivity index is 2.19. The zero-order chi connectivity index (χ0) is 14.3. The summed E-state index contributed by atoms with van der Waals surface area (Å²) in [7, 11) is 0. The Morgan fingerprint density at radius 1 is 1.40 bits per heavy atom. The second-order valence-electron chi connectivity index (χ2n) is 4.43. The van der Waals surface area contributed by atoms with E-state index in [9.17, 15) is 4.79 Å². The molecule has 8 heteroatoms. The number of hydrogen-bond acceptors (Lipinski definition) is 5. The number of carbonyl (C=O) groups excluding carboxylic acids is 1. The summed E-state index contributed by atoms with van der Waals surface area (Å²) in [4.78, 5) is 11.8. The van der Waals surface area contributed by atoms with Gasteiger partial charge in [0.2, 0.25) is 11.9 Å². The average molecular weight is 291 g/mol. The Hall–Kier alpha value is -2.41. The second-order valence-corrected chi connectivity index (χ2v) is 4.87. The van der Waals surface area contributed by atoms with Crippen LogP contribution >= 0.6 is 11.6 Å². The lowest BCUT2D eigenvalue weighted by Gasteiger charge is -2.26. The zero-order valence-corrected chi connectivity index (χ0v) is 11.3. The van der Waals surface area contributed by atoms with Gasteiger partial charge in [-0.2, -0.15) is 4.68 Å². The Bertz CT molecular complexity index is 705. The molecule has 3 rings (SSSR count). The third-order valence-corrected chi connectivity index (χ3v) is 3.42. The van der Waals surface area contributed by atoms with Gasteiger partial charge in [-0.1, -0.05) is 28.8 Å². The summed E-state index contributed by atoms with van der Waals surface area (Å²) in [5, 5.41) is 15.0. The molecule has 1 amide bonds. The predicted octanol–water partition coefficient (Wildman–Crippen LogP) is 1.10. The van der Waals surface area contributed by atoms with E-state index in [-0.39, 0.29) is 0 Å². The molecule has 20 heavy (non-hydrogen) atoms. The van der Waals surface area contributed by atoms with Crippen LogP contribution in [0, 0.1) is 0 Å². The molecule has 7 nitrogen and oxygen atoms in total. The van der Waals surface area contributed by atoms with Crippen molar-refractivity contribution in [3.63, 3.8) is 0 Å². The monoisotopic (exact) mass is 290 g/mol. The minimum Gasteiger partial charge on any atom is -0.366 e. The third kappa shape index (κ3) is 1.92. The smallest absolute Gasteiger partial charge is 0.248 e. The van der Waals surface area contributed by atoms with E-state index < -0.39 is 11.9 Å². The number of amides is 1. The second kappa shape index (κ2) is 4.61. The van der Waals surface area contributed by atoms with E-state index in [2.05, 4.69) is 20.8 Å². The number of nitrogens with two attached hydrogens (primary N) is 1. The van der Waals surface area contributed by atoms with Crippen LogP contribution in [0.25, 0.3) is 0 Å². The van der Waals surface area contributed by atoms with E-state index in [4.69, 9.17) is 17.3 Å². The number of fused-ring (bicyclic) bond motifs is 1. The standard InChI is InChI=1S/C12H11ClN6O/c1-6-9(11(14)20)10(7-2-4-8(13)5-3-7)19-12(15-6)16-17-18-19/h2-5,10H,1H3,(H2,14,20)(H,15,16,18). The molecule has 1 atom stereocenters. The Labute approximate surface area is 119 Å². The van der Waals surface area contributed by atoms with Crippen molar-refractivity contribution in [2.45, 2.75) is 13.0 Å². The number of nitrogens with zero attached hydrogens (tertiary/aromatic N) is 4. The van der Waals surface area contributed by atoms with Gasteiger partial charge in [0.15, 0.2) is 0 Å². The number of allylic oxidation sites excluding steroid dienone is 1. The minimum atomic E-state index is -0.518. The summed E-state index contributed by atoms with van der Waals surface area (Å²) >= 11 is 5.89. The van der Waals surface area contributed by atoms with Crippen LogP contribution < -0.4 is 11.1 Å². The highest BCUT2D eigenvalue weighted by Gasteiger charge is 2.32. The van der Waals surface area contributed by atoms with Crippen molar-refractivity contribution in [1.29, 1.82) is 0 Å². The molecular formula is C12H11ClN6O. The third-order valence-electron chi connectivity index (χ3n) is 3.17. The number of halogens is 1. The maximum atomic E-state index is 11.8. The van der Waals surface area contributed by atoms with Crippen LogP contribution in [0.3, 0.4) is 0 Å². The van der Waals surface area contributed by atoms with Crippen molar-refractivity contribution in [2.75, 3.05) is 5.32 Å². The largest absolute Gasteiger partial charge is 0.366 e. The molecule has 2 heterocycles. The van der Waals surface area contributed by atoms with Crippen LogP contribution in [0.5, 0.6) is 0 Å². The summed E-state index contributed by atoms with van der Waals surface area (Å²) in [6.07, 6.45) is 0. The Morgan fingerprint density at radius 3 is 2.75 bits per heavy atom. The average Bonchev–Trinajstić information content (AvgIpc) is 2.85. The maximum absolute atomic E-state index is 11.8. The van der Waals surface area contributed by atoms with Crippen molar-refractivity contribution >= 4 is 23.5 Å². The van der Waals surface area contributed by atoms with Crippen molar-refractivity contribution in [1.82, 2.24) is 20.2 Å². The highest BCUT2D eigenvalue weighted by molar-refractivity contribution is 6.30. The summed E-state index contributed by atoms with van der Waals surface area (Å²) in [6.45, 7) is 1.77. The quantitative estimate of drug-likeness (QED) is 0.863. The molecule has 102 valence electrons. The number of aromatic nitrogens is 4. The van der Waals surface area contributed by atoms with E-state index in [0.29, 0.717) is 22.2 Å². The lowest BCUT2D eigenvalue weighted by atomic mass is 9.95. The van der Waals surface area contributed by atoms with Gasteiger partial charge in [0, 0.05) is 10.7 Å². The molecule has 1 aliphatic rings. The fourth-order valence-corrected chi connectivity index (χ4v) is 2.41. The van der Waals surface area contributed by atoms with E-state index in [1.165, 1.54) is 4.68 Å². The van der Waals surface area contributed by atoms with Crippen LogP contribution in [0.4, 0.5) is 5.95 Å². The molecule has 0 spiro atoms. The number of hydrogen-bond donors (Lipinski definition) is 2. The Kier molecular flexibility index (Phi) is 2.90. The van der Waals surface area contributed by atoms with Crippen molar-refractivity contribution in [2.24, 2.45) is 5.73 Å². The molecule has 0 fully saturated rings. The number of rotatable bonds is 2. The first kappa shape index (κ1) is 12.6. The van der Waals surface area contributed by atoms with Gasteiger partial charge in [-0.25, -0.2) is 0 Å². The van der Waals surface area contributed by atoms with Crippen LogP contribution in [0.15, 0.2) is 35.5 Å². The summed E-state index contributed by atoms with van der Waals surface area (Å²) in [5.74, 6) is -0.0523. The van der Waals surface area contributed by atoms with Gasteiger partial charge >= 0.3 is 0 Å². The number of primary amides is 1. The number of nitrogens with one attached hydrogen (secondary N) is 1. The molecule has 0 saturated heterocycles.